The third-order valence-electron chi connectivity index (χ3n) is 4.56. The molecule has 0 atom stereocenters. The van der Waals surface area contributed by atoms with Crippen LogP contribution in [0.1, 0.15) is 77.0 Å². The molecule has 2 aliphatic rings. The lowest BCUT2D eigenvalue weighted by molar-refractivity contribution is 0.595. The van der Waals surface area contributed by atoms with Gasteiger partial charge in [0.15, 0.2) is 0 Å². The molecule has 0 aromatic rings. The lowest BCUT2D eigenvalue weighted by Gasteiger charge is -2.04. The highest BCUT2D eigenvalue weighted by Crippen LogP contribution is 2.15. The second-order valence-electron chi connectivity index (χ2n) is 6.47. The molecule has 0 saturated heterocycles. The Morgan fingerprint density at radius 3 is 1.48 bits per heavy atom. The van der Waals surface area contributed by atoms with E-state index in [-0.39, 0.29) is 0 Å². The van der Waals surface area contributed by atoms with Gasteiger partial charge in [0, 0.05) is 24.5 Å². The summed E-state index contributed by atoms with van der Waals surface area (Å²) in [4.78, 5) is 9.39. The summed E-state index contributed by atoms with van der Waals surface area (Å²) in [6.07, 6.45) is 15.5. The first-order valence-corrected chi connectivity index (χ1v) is 9.20. The average molecular weight is 291 g/mol. The highest BCUT2D eigenvalue weighted by molar-refractivity contribution is 5.86. The number of nitrogens with zero attached hydrogens (tertiary/aromatic N) is 2. The van der Waals surface area contributed by atoms with E-state index in [1.807, 2.05) is 0 Å². The number of unbranched alkanes of at least 4 members (excludes halogenated alkanes) is 2. The van der Waals surface area contributed by atoms with Crippen molar-refractivity contribution in [2.24, 2.45) is 9.98 Å². The Kier molecular flexibility index (Phi) is 8.69. The second kappa shape index (κ2) is 10.9. The van der Waals surface area contributed by atoms with Crippen molar-refractivity contribution in [2.45, 2.75) is 77.0 Å². The van der Waals surface area contributed by atoms with Gasteiger partial charge >= 0.3 is 0 Å². The van der Waals surface area contributed by atoms with Crippen LogP contribution < -0.4 is 5.32 Å². The molecule has 120 valence electrons. The van der Waals surface area contributed by atoms with E-state index in [1.54, 1.807) is 0 Å². The standard InChI is InChI=1S/C18H33N3/c1-2-10-17(9-1)20-15-7-5-13-19-14-6-8-16-21-18-11-3-4-12-18/h19H,1-16H2. The summed E-state index contributed by atoms with van der Waals surface area (Å²) >= 11 is 0. The van der Waals surface area contributed by atoms with Gasteiger partial charge in [0.05, 0.1) is 0 Å². The van der Waals surface area contributed by atoms with Crippen LogP contribution >= 0.6 is 0 Å². The number of hydrogen-bond acceptors (Lipinski definition) is 3. The number of hydrogen-bond donors (Lipinski definition) is 1. The Balaban J connectivity index is 1.32. The van der Waals surface area contributed by atoms with Gasteiger partial charge in [-0.3, -0.25) is 9.98 Å². The summed E-state index contributed by atoms with van der Waals surface area (Å²) < 4.78 is 0. The molecule has 3 nitrogen and oxygen atoms in total. The number of rotatable bonds is 10. The minimum Gasteiger partial charge on any atom is -0.317 e. The maximum Gasteiger partial charge on any atom is 0.0389 e. The van der Waals surface area contributed by atoms with Crippen molar-refractivity contribution in [3.8, 4) is 0 Å². The van der Waals surface area contributed by atoms with Gasteiger partial charge in [0.1, 0.15) is 0 Å². The summed E-state index contributed by atoms with van der Waals surface area (Å²) in [5, 5.41) is 3.55. The number of nitrogens with one attached hydrogen (secondary N) is 1. The summed E-state index contributed by atoms with van der Waals surface area (Å²) in [6, 6.07) is 0. The number of aliphatic imine (C=N–C) groups is 2. The summed E-state index contributed by atoms with van der Waals surface area (Å²) in [6.45, 7) is 4.40. The summed E-state index contributed by atoms with van der Waals surface area (Å²) in [5.41, 5.74) is 2.96. The van der Waals surface area contributed by atoms with Crippen LogP contribution in [-0.2, 0) is 0 Å². The smallest absolute Gasteiger partial charge is 0.0389 e. The van der Waals surface area contributed by atoms with Crippen molar-refractivity contribution in [2.75, 3.05) is 26.2 Å². The SMILES string of the molecule is C(CCNCCCCN=C1CCCC1)CN=C1CCCC1. The molecule has 0 unspecified atom stereocenters. The molecule has 0 bridgehead atoms. The molecular formula is C18H33N3. The molecular weight excluding hydrogens is 258 g/mol. The Morgan fingerprint density at radius 1 is 0.619 bits per heavy atom. The molecule has 2 saturated carbocycles. The van der Waals surface area contributed by atoms with Crippen molar-refractivity contribution in [1.82, 2.24) is 5.32 Å². The molecule has 0 spiro atoms. The Labute approximate surface area is 130 Å². The third kappa shape index (κ3) is 7.75. The van der Waals surface area contributed by atoms with E-state index in [9.17, 15) is 0 Å². The van der Waals surface area contributed by atoms with E-state index < -0.39 is 0 Å². The zero-order valence-electron chi connectivity index (χ0n) is 13.7. The van der Waals surface area contributed by atoms with Gasteiger partial charge in [-0.25, -0.2) is 0 Å². The average Bonchev–Trinajstić information content (AvgIpc) is 3.18. The molecule has 2 aliphatic carbocycles. The molecule has 21 heavy (non-hydrogen) atoms. The van der Waals surface area contributed by atoms with E-state index in [0.717, 1.165) is 26.2 Å². The van der Waals surface area contributed by atoms with Gasteiger partial charge in [0.25, 0.3) is 0 Å². The predicted molar refractivity (Wildman–Crippen MR) is 92.9 cm³/mol. The van der Waals surface area contributed by atoms with Gasteiger partial charge in [-0.2, -0.15) is 0 Å². The second-order valence-corrected chi connectivity index (χ2v) is 6.47. The van der Waals surface area contributed by atoms with Crippen LogP contribution in [0.25, 0.3) is 0 Å². The van der Waals surface area contributed by atoms with Crippen LogP contribution in [0.2, 0.25) is 0 Å². The summed E-state index contributed by atoms with van der Waals surface area (Å²) in [5.74, 6) is 0. The van der Waals surface area contributed by atoms with Gasteiger partial charge in [-0.1, -0.05) is 0 Å². The van der Waals surface area contributed by atoms with Crippen LogP contribution in [0.3, 0.4) is 0 Å². The fourth-order valence-corrected chi connectivity index (χ4v) is 3.21. The monoisotopic (exact) mass is 291 g/mol. The molecule has 0 amide bonds. The van der Waals surface area contributed by atoms with E-state index in [4.69, 9.17) is 9.98 Å². The fourth-order valence-electron chi connectivity index (χ4n) is 3.21. The van der Waals surface area contributed by atoms with Crippen molar-refractivity contribution in [3.05, 3.63) is 0 Å². The van der Waals surface area contributed by atoms with Gasteiger partial charge in [0.2, 0.25) is 0 Å². The topological polar surface area (TPSA) is 36.8 Å². The third-order valence-corrected chi connectivity index (χ3v) is 4.56. The minimum absolute atomic E-state index is 1.05. The maximum absolute atomic E-state index is 4.69. The molecule has 0 heterocycles. The fraction of sp³-hybridized carbons (Fsp3) is 0.889. The van der Waals surface area contributed by atoms with E-state index >= 15 is 0 Å². The van der Waals surface area contributed by atoms with Gasteiger partial charge in [-0.15, -0.1) is 0 Å². The van der Waals surface area contributed by atoms with Gasteiger partial charge < -0.3 is 5.32 Å². The Bertz CT molecular complexity index is 285. The van der Waals surface area contributed by atoms with E-state index in [2.05, 4.69) is 5.32 Å². The molecule has 0 aromatic carbocycles. The molecule has 2 fully saturated rings. The molecule has 0 radical (unpaired) electrons. The predicted octanol–water partition coefficient (Wildman–Crippen LogP) is 4.17. The normalized spacial score (nSPS) is 18.5. The zero-order chi connectivity index (χ0) is 14.6. The quantitative estimate of drug-likeness (QED) is 0.603. The minimum atomic E-state index is 1.05. The molecule has 0 aromatic heterocycles. The first-order valence-electron chi connectivity index (χ1n) is 9.20. The molecule has 2 rings (SSSR count). The van der Waals surface area contributed by atoms with Crippen molar-refractivity contribution >= 4 is 11.4 Å². The molecule has 1 N–H and O–H groups in total. The molecule has 3 heteroatoms. The maximum atomic E-state index is 4.69. The van der Waals surface area contributed by atoms with Crippen LogP contribution in [0.4, 0.5) is 0 Å². The zero-order valence-corrected chi connectivity index (χ0v) is 13.7. The first kappa shape index (κ1) is 16.7. The van der Waals surface area contributed by atoms with Crippen LogP contribution in [-0.4, -0.2) is 37.6 Å². The Morgan fingerprint density at radius 2 is 1.05 bits per heavy atom. The lowest BCUT2D eigenvalue weighted by atomic mass is 10.2. The van der Waals surface area contributed by atoms with Crippen LogP contribution in [0.5, 0.6) is 0 Å². The lowest BCUT2D eigenvalue weighted by Crippen LogP contribution is -2.17. The van der Waals surface area contributed by atoms with Crippen molar-refractivity contribution in [3.63, 3.8) is 0 Å². The van der Waals surface area contributed by atoms with Crippen LogP contribution in [0.15, 0.2) is 9.98 Å². The van der Waals surface area contributed by atoms with Crippen molar-refractivity contribution in [1.29, 1.82) is 0 Å². The van der Waals surface area contributed by atoms with E-state index in [0.29, 0.717) is 0 Å². The van der Waals surface area contributed by atoms with Gasteiger partial charge in [-0.05, 0) is 90.1 Å². The Hall–Kier alpha value is -0.700. The van der Waals surface area contributed by atoms with E-state index in [1.165, 1.54) is 88.5 Å². The van der Waals surface area contributed by atoms with Crippen molar-refractivity contribution < 1.29 is 0 Å². The highest BCUT2D eigenvalue weighted by atomic mass is 14.8. The largest absolute Gasteiger partial charge is 0.317 e. The first-order chi connectivity index (χ1) is 10.4. The van der Waals surface area contributed by atoms with Crippen LogP contribution in [0, 0.1) is 0 Å². The highest BCUT2D eigenvalue weighted by Gasteiger charge is 2.07. The summed E-state index contributed by atoms with van der Waals surface area (Å²) in [7, 11) is 0. The molecule has 0 aliphatic heterocycles.